The molecule has 0 aromatic heterocycles. The third-order valence-electron chi connectivity index (χ3n) is 3.17. The summed E-state index contributed by atoms with van der Waals surface area (Å²) in [7, 11) is 0. The van der Waals surface area contributed by atoms with Crippen molar-refractivity contribution in [3.8, 4) is 0 Å². The molecule has 18 heavy (non-hydrogen) atoms. The summed E-state index contributed by atoms with van der Waals surface area (Å²) in [5.74, 6) is 0.115. The van der Waals surface area contributed by atoms with Crippen LogP contribution < -0.4 is 11.1 Å². The highest BCUT2D eigenvalue weighted by Crippen LogP contribution is 2.05. The van der Waals surface area contributed by atoms with Crippen LogP contribution in [0.4, 0.5) is 0 Å². The zero-order valence-corrected chi connectivity index (χ0v) is 11.6. The van der Waals surface area contributed by atoms with Crippen LogP contribution in [0, 0.1) is 5.92 Å². The minimum atomic E-state index is -0.410. The average molecular weight is 248 g/mol. The molecule has 0 spiro atoms. The van der Waals surface area contributed by atoms with Gasteiger partial charge in [-0.2, -0.15) is 0 Å². The summed E-state index contributed by atoms with van der Waals surface area (Å²) in [5, 5.41) is 2.88. The summed E-state index contributed by atoms with van der Waals surface area (Å²) >= 11 is 0. The van der Waals surface area contributed by atoms with Crippen LogP contribution in [-0.4, -0.2) is 18.5 Å². The van der Waals surface area contributed by atoms with Crippen LogP contribution in [0.1, 0.15) is 31.9 Å². The van der Waals surface area contributed by atoms with Gasteiger partial charge in [0.2, 0.25) is 5.91 Å². The maximum absolute atomic E-state index is 11.6. The maximum Gasteiger partial charge on any atom is 0.237 e. The van der Waals surface area contributed by atoms with Gasteiger partial charge in [0.1, 0.15) is 0 Å². The monoisotopic (exact) mass is 248 g/mol. The van der Waals surface area contributed by atoms with Gasteiger partial charge in [0.05, 0.1) is 6.04 Å². The lowest BCUT2D eigenvalue weighted by atomic mass is 10.0. The molecule has 0 radical (unpaired) electrons. The number of amides is 1. The summed E-state index contributed by atoms with van der Waals surface area (Å²) in [5.41, 5.74) is 8.34. The molecule has 1 unspecified atom stereocenters. The van der Waals surface area contributed by atoms with Crippen molar-refractivity contribution in [1.82, 2.24) is 5.32 Å². The van der Waals surface area contributed by atoms with Crippen LogP contribution in [0.5, 0.6) is 0 Å². The van der Waals surface area contributed by atoms with Crippen molar-refractivity contribution in [3.05, 3.63) is 35.4 Å². The molecule has 0 saturated carbocycles. The number of rotatable bonds is 6. The van der Waals surface area contributed by atoms with Crippen molar-refractivity contribution in [3.63, 3.8) is 0 Å². The van der Waals surface area contributed by atoms with E-state index in [0.29, 0.717) is 6.54 Å². The Morgan fingerprint density at radius 3 is 2.28 bits per heavy atom. The lowest BCUT2D eigenvalue weighted by molar-refractivity contribution is -0.123. The van der Waals surface area contributed by atoms with E-state index >= 15 is 0 Å². The molecule has 100 valence electrons. The molecule has 0 bridgehead atoms. The van der Waals surface area contributed by atoms with Gasteiger partial charge in [-0.1, -0.05) is 45.0 Å². The first-order chi connectivity index (χ1) is 8.54. The van der Waals surface area contributed by atoms with E-state index < -0.39 is 6.04 Å². The molecule has 3 N–H and O–H groups in total. The van der Waals surface area contributed by atoms with Gasteiger partial charge in [-0.05, 0) is 29.9 Å². The first-order valence-corrected chi connectivity index (χ1v) is 6.65. The lowest BCUT2D eigenvalue weighted by Crippen LogP contribution is -2.44. The molecule has 1 atom stereocenters. The minimum absolute atomic E-state index is 0.0600. The summed E-state index contributed by atoms with van der Waals surface area (Å²) in [6, 6.07) is 8.10. The lowest BCUT2D eigenvalue weighted by Gasteiger charge is -2.15. The molecule has 0 aliphatic rings. The van der Waals surface area contributed by atoms with Gasteiger partial charge >= 0.3 is 0 Å². The second kappa shape index (κ2) is 7.17. The molecule has 1 aromatic carbocycles. The zero-order chi connectivity index (χ0) is 13.5. The number of nitrogens with two attached hydrogens (primary N) is 1. The quantitative estimate of drug-likeness (QED) is 0.807. The Balaban J connectivity index is 2.35. The topological polar surface area (TPSA) is 55.1 Å². The highest BCUT2D eigenvalue weighted by Gasteiger charge is 2.16. The normalized spacial score (nSPS) is 12.5. The SMILES string of the molecule is CCc1ccc(CCNC(=O)C(N)C(C)C)cc1. The Labute approximate surface area is 110 Å². The molecule has 1 aromatic rings. The van der Waals surface area contributed by atoms with Crippen molar-refractivity contribution < 1.29 is 4.79 Å². The molecule has 1 rings (SSSR count). The maximum atomic E-state index is 11.6. The number of hydrogen-bond acceptors (Lipinski definition) is 2. The van der Waals surface area contributed by atoms with Crippen molar-refractivity contribution in [2.75, 3.05) is 6.54 Å². The molecule has 0 aliphatic carbocycles. The summed E-state index contributed by atoms with van der Waals surface area (Å²) in [6.45, 7) is 6.69. The predicted molar refractivity (Wildman–Crippen MR) is 75.3 cm³/mol. The fourth-order valence-electron chi connectivity index (χ4n) is 1.69. The van der Waals surface area contributed by atoms with Gasteiger partial charge in [0.15, 0.2) is 0 Å². The van der Waals surface area contributed by atoms with E-state index in [0.717, 1.165) is 12.8 Å². The van der Waals surface area contributed by atoms with E-state index in [4.69, 9.17) is 5.73 Å². The number of nitrogens with one attached hydrogen (secondary N) is 1. The Morgan fingerprint density at radius 2 is 1.78 bits per heavy atom. The van der Waals surface area contributed by atoms with Crippen molar-refractivity contribution >= 4 is 5.91 Å². The molecular formula is C15H24N2O. The highest BCUT2D eigenvalue weighted by atomic mass is 16.2. The smallest absolute Gasteiger partial charge is 0.237 e. The number of aryl methyl sites for hydroxylation is 1. The van der Waals surface area contributed by atoms with E-state index in [2.05, 4.69) is 36.5 Å². The number of carbonyl (C=O) groups is 1. The Kier molecular flexibility index (Phi) is 5.86. The third kappa shape index (κ3) is 4.49. The Bertz CT molecular complexity index is 371. The standard InChI is InChI=1S/C15H24N2O/c1-4-12-5-7-13(8-6-12)9-10-17-15(18)14(16)11(2)3/h5-8,11,14H,4,9-10,16H2,1-3H3,(H,17,18). The second-order valence-electron chi connectivity index (χ2n) is 4.98. The molecule has 0 heterocycles. The van der Waals surface area contributed by atoms with E-state index in [1.54, 1.807) is 0 Å². The van der Waals surface area contributed by atoms with Gasteiger partial charge in [-0.15, -0.1) is 0 Å². The molecule has 0 saturated heterocycles. The molecule has 3 heteroatoms. The number of carbonyl (C=O) groups excluding carboxylic acids is 1. The second-order valence-corrected chi connectivity index (χ2v) is 4.98. The molecule has 0 fully saturated rings. The first-order valence-electron chi connectivity index (χ1n) is 6.65. The largest absolute Gasteiger partial charge is 0.354 e. The minimum Gasteiger partial charge on any atom is -0.354 e. The fraction of sp³-hybridized carbons (Fsp3) is 0.533. The van der Waals surface area contributed by atoms with Gasteiger partial charge < -0.3 is 11.1 Å². The van der Waals surface area contributed by atoms with Gasteiger partial charge in [-0.3, -0.25) is 4.79 Å². The fourth-order valence-corrected chi connectivity index (χ4v) is 1.69. The van der Waals surface area contributed by atoms with Crippen molar-refractivity contribution in [2.24, 2.45) is 11.7 Å². The zero-order valence-electron chi connectivity index (χ0n) is 11.6. The van der Waals surface area contributed by atoms with Crippen LogP contribution in [0.25, 0.3) is 0 Å². The summed E-state index contributed by atoms with van der Waals surface area (Å²) in [4.78, 5) is 11.6. The van der Waals surface area contributed by atoms with Gasteiger partial charge in [-0.25, -0.2) is 0 Å². The molecular weight excluding hydrogens is 224 g/mol. The van der Waals surface area contributed by atoms with E-state index in [-0.39, 0.29) is 11.8 Å². The molecule has 1 amide bonds. The first kappa shape index (κ1) is 14.7. The highest BCUT2D eigenvalue weighted by molar-refractivity contribution is 5.81. The summed E-state index contributed by atoms with van der Waals surface area (Å²) in [6.07, 6.45) is 1.90. The summed E-state index contributed by atoms with van der Waals surface area (Å²) < 4.78 is 0. The van der Waals surface area contributed by atoms with Gasteiger partial charge in [0, 0.05) is 6.54 Å². The van der Waals surface area contributed by atoms with E-state index in [9.17, 15) is 4.79 Å². The van der Waals surface area contributed by atoms with Crippen LogP contribution in [0.2, 0.25) is 0 Å². The Hall–Kier alpha value is -1.35. The van der Waals surface area contributed by atoms with E-state index in [1.165, 1.54) is 11.1 Å². The van der Waals surface area contributed by atoms with Crippen molar-refractivity contribution in [1.29, 1.82) is 0 Å². The molecule has 3 nitrogen and oxygen atoms in total. The average Bonchev–Trinajstić information content (AvgIpc) is 2.38. The Morgan fingerprint density at radius 1 is 1.22 bits per heavy atom. The van der Waals surface area contributed by atoms with E-state index in [1.807, 2.05) is 13.8 Å². The predicted octanol–water partition coefficient (Wildman–Crippen LogP) is 1.89. The van der Waals surface area contributed by atoms with Crippen LogP contribution in [0.15, 0.2) is 24.3 Å². The van der Waals surface area contributed by atoms with Crippen LogP contribution in [-0.2, 0) is 17.6 Å². The van der Waals surface area contributed by atoms with Crippen LogP contribution >= 0.6 is 0 Å². The van der Waals surface area contributed by atoms with Crippen molar-refractivity contribution in [2.45, 2.75) is 39.7 Å². The number of hydrogen-bond donors (Lipinski definition) is 2. The number of benzene rings is 1. The van der Waals surface area contributed by atoms with Crippen LogP contribution in [0.3, 0.4) is 0 Å². The van der Waals surface area contributed by atoms with Gasteiger partial charge in [0.25, 0.3) is 0 Å². The third-order valence-corrected chi connectivity index (χ3v) is 3.17. The molecule has 0 aliphatic heterocycles.